The Morgan fingerprint density at radius 1 is 1.36 bits per heavy atom. The van der Waals surface area contributed by atoms with Crippen LogP contribution in [0.5, 0.6) is 0 Å². The topological polar surface area (TPSA) is 80.5 Å². The first kappa shape index (κ1) is 26.5. The number of pyridine rings is 1. The number of rotatable bonds is 4. The van der Waals surface area contributed by atoms with Crippen molar-refractivity contribution < 1.29 is 9.53 Å². The maximum atomic E-state index is 11.8. The summed E-state index contributed by atoms with van der Waals surface area (Å²) in [4.78, 5) is 17.9. The minimum absolute atomic E-state index is 0.0394. The van der Waals surface area contributed by atoms with Crippen LogP contribution in [0.2, 0.25) is 0 Å². The Bertz CT molecular complexity index is 574. The highest BCUT2D eigenvalue weighted by Gasteiger charge is 2.37. The van der Waals surface area contributed by atoms with Gasteiger partial charge in [-0.15, -0.1) is 0 Å². The third kappa shape index (κ3) is 10.2. The lowest BCUT2D eigenvalue weighted by molar-refractivity contribution is 0.0134. The molecule has 1 fully saturated rings. The highest BCUT2D eigenvalue weighted by atomic mass is 32.2. The summed E-state index contributed by atoms with van der Waals surface area (Å²) in [6.07, 6.45) is 3.06. The molecular formula is C21H40N4O2S. The van der Waals surface area contributed by atoms with Gasteiger partial charge in [-0.05, 0) is 78.0 Å². The fraction of sp³-hybridized carbons (Fsp3) is 0.714. The number of nitrogens with two attached hydrogens (primary N) is 1. The highest BCUT2D eigenvalue weighted by Crippen LogP contribution is 2.29. The summed E-state index contributed by atoms with van der Waals surface area (Å²) in [6, 6.07) is 5.78. The second-order valence-corrected chi connectivity index (χ2v) is 8.61. The third-order valence-corrected chi connectivity index (χ3v) is 4.38. The molecule has 1 aliphatic heterocycles. The monoisotopic (exact) mass is 412 g/mol. The van der Waals surface area contributed by atoms with Crippen molar-refractivity contribution in [3.63, 3.8) is 0 Å². The summed E-state index contributed by atoms with van der Waals surface area (Å²) in [5.41, 5.74) is -0.432. The molecule has 0 aromatic carbocycles. The van der Waals surface area contributed by atoms with Gasteiger partial charge in [-0.25, -0.2) is 9.78 Å². The molecule has 0 saturated carbocycles. The van der Waals surface area contributed by atoms with Crippen LogP contribution in [0.3, 0.4) is 0 Å². The number of nitrogens with one attached hydrogen (secondary N) is 1. The van der Waals surface area contributed by atoms with Crippen LogP contribution in [0, 0.1) is 0 Å². The van der Waals surface area contributed by atoms with E-state index < -0.39 is 5.60 Å². The molecule has 3 N–H and O–H groups in total. The van der Waals surface area contributed by atoms with Gasteiger partial charge in [-0.1, -0.05) is 26.8 Å². The van der Waals surface area contributed by atoms with Gasteiger partial charge in [0.05, 0.1) is 0 Å². The second-order valence-electron chi connectivity index (χ2n) is 7.95. The molecule has 1 aromatic heterocycles. The molecule has 7 heteroatoms. The predicted octanol–water partition coefficient (Wildman–Crippen LogP) is 5.69. The minimum atomic E-state index is -0.393. The number of amides is 1. The van der Waals surface area contributed by atoms with Crippen molar-refractivity contribution >= 4 is 23.9 Å². The first-order valence-electron chi connectivity index (χ1n) is 10.2. The van der Waals surface area contributed by atoms with Crippen LogP contribution in [0.1, 0.15) is 74.7 Å². The van der Waals surface area contributed by atoms with Crippen LogP contribution in [-0.2, 0) is 4.74 Å². The van der Waals surface area contributed by atoms with E-state index in [1.54, 1.807) is 0 Å². The molecule has 0 atom stereocenters. The fourth-order valence-electron chi connectivity index (χ4n) is 2.59. The SMILES string of the molecule is CC.CC(C)(C)OC(=O)N1CCCC1(C)C.CCCNc1cccc(SN)n1. The predicted molar refractivity (Wildman–Crippen MR) is 121 cm³/mol. The standard InChI is InChI=1S/C11H21NO2.C8H13N3S.C2H6/c1-10(2,3)14-9(13)12-8-6-7-11(12,4)5;1-2-6-10-7-4-3-5-8(11-7)12-9;1-2/h6-8H2,1-5H3;3-5H,2,6,9H2,1H3,(H,10,11);1-2H3. The molecule has 1 saturated heterocycles. The molecule has 6 nitrogen and oxygen atoms in total. The lowest BCUT2D eigenvalue weighted by Gasteiger charge is -2.33. The fourth-order valence-corrected chi connectivity index (χ4v) is 2.90. The lowest BCUT2D eigenvalue weighted by Crippen LogP contribution is -2.45. The van der Waals surface area contributed by atoms with E-state index in [2.05, 4.69) is 31.1 Å². The van der Waals surface area contributed by atoms with Crippen molar-refractivity contribution in [1.29, 1.82) is 0 Å². The second kappa shape index (κ2) is 12.9. The molecule has 0 radical (unpaired) electrons. The van der Waals surface area contributed by atoms with Crippen molar-refractivity contribution in [3.05, 3.63) is 18.2 Å². The highest BCUT2D eigenvalue weighted by molar-refractivity contribution is 7.97. The Morgan fingerprint density at radius 2 is 2.00 bits per heavy atom. The van der Waals surface area contributed by atoms with Crippen molar-refractivity contribution in [1.82, 2.24) is 9.88 Å². The number of likely N-dealkylation sites (tertiary alicyclic amines) is 1. The van der Waals surface area contributed by atoms with Gasteiger partial charge in [0.15, 0.2) is 0 Å². The smallest absolute Gasteiger partial charge is 0.410 e. The normalized spacial score (nSPS) is 15.0. The van der Waals surface area contributed by atoms with E-state index in [-0.39, 0.29) is 11.6 Å². The molecule has 2 rings (SSSR count). The number of carbonyl (C=O) groups excluding carboxylic acids is 1. The molecule has 1 amide bonds. The Kier molecular flexibility index (Phi) is 12.2. The molecule has 162 valence electrons. The third-order valence-electron chi connectivity index (χ3n) is 3.92. The van der Waals surface area contributed by atoms with E-state index in [9.17, 15) is 4.79 Å². The molecule has 0 aliphatic carbocycles. The van der Waals surface area contributed by atoms with E-state index in [4.69, 9.17) is 9.88 Å². The van der Waals surface area contributed by atoms with Gasteiger partial charge in [-0.2, -0.15) is 0 Å². The van der Waals surface area contributed by atoms with Crippen LogP contribution in [0.25, 0.3) is 0 Å². The number of nitrogens with zero attached hydrogens (tertiary/aromatic N) is 2. The number of carbonyl (C=O) groups is 1. The van der Waals surface area contributed by atoms with Crippen molar-refractivity contribution in [2.75, 3.05) is 18.4 Å². The maximum Gasteiger partial charge on any atom is 0.410 e. The number of hydrogen-bond donors (Lipinski definition) is 2. The zero-order valence-electron chi connectivity index (χ0n) is 19.0. The van der Waals surface area contributed by atoms with E-state index >= 15 is 0 Å². The number of ether oxygens (including phenoxy) is 1. The van der Waals surface area contributed by atoms with Gasteiger partial charge in [0.25, 0.3) is 0 Å². The zero-order chi connectivity index (χ0) is 21.8. The van der Waals surface area contributed by atoms with Gasteiger partial charge in [0.1, 0.15) is 16.4 Å². The van der Waals surface area contributed by atoms with E-state index in [1.165, 1.54) is 11.9 Å². The molecule has 1 aromatic rings. The quantitative estimate of drug-likeness (QED) is 0.618. The largest absolute Gasteiger partial charge is 0.444 e. The average molecular weight is 413 g/mol. The average Bonchev–Trinajstić information content (AvgIpc) is 3.00. The molecule has 28 heavy (non-hydrogen) atoms. The maximum absolute atomic E-state index is 11.8. The summed E-state index contributed by atoms with van der Waals surface area (Å²) in [6.45, 7) is 17.8. The molecular weight excluding hydrogens is 372 g/mol. The van der Waals surface area contributed by atoms with Crippen LogP contribution in [0.15, 0.2) is 23.2 Å². The molecule has 0 unspecified atom stereocenters. The molecule has 0 spiro atoms. The molecule has 0 bridgehead atoms. The Balaban J connectivity index is 0.000000483. The van der Waals surface area contributed by atoms with Crippen molar-refractivity contribution in [2.45, 2.75) is 90.8 Å². The van der Waals surface area contributed by atoms with Crippen LogP contribution in [-0.4, -0.2) is 40.2 Å². The van der Waals surface area contributed by atoms with Crippen molar-refractivity contribution in [3.8, 4) is 0 Å². The first-order chi connectivity index (χ1) is 13.1. The van der Waals surface area contributed by atoms with Gasteiger partial charge >= 0.3 is 6.09 Å². The van der Waals surface area contributed by atoms with E-state index in [0.717, 1.165) is 43.2 Å². The summed E-state index contributed by atoms with van der Waals surface area (Å²) in [5, 5.41) is 9.41. The summed E-state index contributed by atoms with van der Waals surface area (Å²) >= 11 is 1.17. The Hall–Kier alpha value is -1.47. The van der Waals surface area contributed by atoms with Crippen LogP contribution in [0.4, 0.5) is 10.6 Å². The molecule has 2 heterocycles. The molecule has 1 aliphatic rings. The number of hydrogen-bond acceptors (Lipinski definition) is 6. The Labute approximate surface area is 176 Å². The van der Waals surface area contributed by atoms with Crippen molar-refractivity contribution in [2.24, 2.45) is 5.14 Å². The van der Waals surface area contributed by atoms with Gasteiger partial charge < -0.3 is 15.0 Å². The first-order valence-corrected chi connectivity index (χ1v) is 11.1. The number of anilines is 1. The zero-order valence-corrected chi connectivity index (χ0v) is 19.8. The van der Waals surface area contributed by atoms with E-state index in [1.807, 2.05) is 57.7 Å². The van der Waals surface area contributed by atoms with Crippen LogP contribution >= 0.6 is 11.9 Å². The lowest BCUT2D eigenvalue weighted by atomic mass is 10.0. The van der Waals surface area contributed by atoms with Gasteiger partial charge in [0.2, 0.25) is 0 Å². The van der Waals surface area contributed by atoms with Gasteiger partial charge in [0, 0.05) is 18.6 Å². The number of aromatic nitrogens is 1. The van der Waals surface area contributed by atoms with Gasteiger partial charge in [-0.3, -0.25) is 5.14 Å². The minimum Gasteiger partial charge on any atom is -0.444 e. The Morgan fingerprint density at radius 3 is 2.46 bits per heavy atom. The van der Waals surface area contributed by atoms with Crippen LogP contribution < -0.4 is 10.5 Å². The summed E-state index contributed by atoms with van der Waals surface area (Å²) < 4.78 is 5.34. The summed E-state index contributed by atoms with van der Waals surface area (Å²) in [7, 11) is 0. The summed E-state index contributed by atoms with van der Waals surface area (Å²) in [5.74, 6) is 0.896. The van der Waals surface area contributed by atoms with E-state index in [0.29, 0.717) is 0 Å².